The molecule has 1 fully saturated rings. The lowest BCUT2D eigenvalue weighted by molar-refractivity contribution is 0.108. The Labute approximate surface area is 147 Å². The third-order valence-electron chi connectivity index (χ3n) is 4.93. The molecule has 4 heteroatoms. The zero-order chi connectivity index (χ0) is 17.5. The van der Waals surface area contributed by atoms with Gasteiger partial charge in [-0.2, -0.15) is 0 Å². The molecule has 1 aliphatic rings. The van der Waals surface area contributed by atoms with Crippen molar-refractivity contribution < 1.29 is 9.47 Å². The molecule has 0 amide bonds. The molecule has 4 nitrogen and oxygen atoms in total. The molecule has 1 aromatic rings. The van der Waals surface area contributed by atoms with Gasteiger partial charge in [-0.3, -0.25) is 0 Å². The van der Waals surface area contributed by atoms with Gasteiger partial charge in [0, 0.05) is 25.7 Å². The van der Waals surface area contributed by atoms with Crippen LogP contribution in [0.1, 0.15) is 32.3 Å². The SMILES string of the molecule is COc1ccc(CCN(C)C2CCCN(CC(C)C)C2)cc1OC. The predicted octanol–water partition coefficient (Wildman–Crippen LogP) is 3.30. The van der Waals surface area contributed by atoms with Gasteiger partial charge in [-0.1, -0.05) is 19.9 Å². The average Bonchev–Trinajstić information content (AvgIpc) is 2.59. The maximum atomic E-state index is 5.41. The van der Waals surface area contributed by atoms with E-state index in [0.717, 1.165) is 30.4 Å². The summed E-state index contributed by atoms with van der Waals surface area (Å²) in [7, 11) is 5.64. The first-order valence-corrected chi connectivity index (χ1v) is 9.17. The van der Waals surface area contributed by atoms with Crippen molar-refractivity contribution >= 4 is 0 Å². The number of likely N-dealkylation sites (tertiary alicyclic amines) is 1. The molecule has 0 radical (unpaired) electrons. The van der Waals surface area contributed by atoms with Gasteiger partial charge in [0.1, 0.15) is 0 Å². The van der Waals surface area contributed by atoms with Gasteiger partial charge in [-0.15, -0.1) is 0 Å². The van der Waals surface area contributed by atoms with E-state index in [9.17, 15) is 0 Å². The van der Waals surface area contributed by atoms with Crippen LogP contribution < -0.4 is 9.47 Å². The maximum Gasteiger partial charge on any atom is 0.160 e. The van der Waals surface area contributed by atoms with Crippen LogP contribution in [0, 0.1) is 5.92 Å². The van der Waals surface area contributed by atoms with Crippen molar-refractivity contribution in [3.05, 3.63) is 23.8 Å². The van der Waals surface area contributed by atoms with E-state index in [2.05, 4.69) is 42.8 Å². The molecule has 0 aliphatic carbocycles. The summed E-state index contributed by atoms with van der Waals surface area (Å²) >= 11 is 0. The third-order valence-corrected chi connectivity index (χ3v) is 4.93. The average molecular weight is 335 g/mol. The quantitative estimate of drug-likeness (QED) is 0.728. The minimum absolute atomic E-state index is 0.678. The van der Waals surface area contributed by atoms with Crippen LogP contribution in [0.2, 0.25) is 0 Å². The van der Waals surface area contributed by atoms with Gasteiger partial charge in [0.15, 0.2) is 11.5 Å². The fraction of sp³-hybridized carbons (Fsp3) is 0.700. The largest absolute Gasteiger partial charge is 0.493 e. The van der Waals surface area contributed by atoms with E-state index in [1.807, 2.05) is 6.07 Å². The van der Waals surface area contributed by atoms with Crippen LogP contribution in [0.4, 0.5) is 0 Å². The molecule has 1 aromatic carbocycles. The Hall–Kier alpha value is -1.26. The molecule has 1 unspecified atom stereocenters. The Kier molecular flexibility index (Phi) is 7.38. The number of ether oxygens (including phenoxy) is 2. The number of hydrogen-bond acceptors (Lipinski definition) is 4. The van der Waals surface area contributed by atoms with Crippen LogP contribution in [-0.2, 0) is 6.42 Å². The number of methoxy groups -OCH3 is 2. The monoisotopic (exact) mass is 334 g/mol. The second-order valence-electron chi connectivity index (χ2n) is 7.37. The number of nitrogens with zero attached hydrogens (tertiary/aromatic N) is 2. The molecule has 1 atom stereocenters. The lowest BCUT2D eigenvalue weighted by Gasteiger charge is -2.38. The van der Waals surface area contributed by atoms with E-state index >= 15 is 0 Å². The first-order chi connectivity index (χ1) is 11.5. The summed E-state index contributed by atoms with van der Waals surface area (Å²) in [6, 6.07) is 6.91. The molecule has 0 aromatic heterocycles. The van der Waals surface area contributed by atoms with Crippen molar-refractivity contribution in [3.8, 4) is 11.5 Å². The summed E-state index contributed by atoms with van der Waals surface area (Å²) in [5.74, 6) is 2.37. The second-order valence-corrected chi connectivity index (χ2v) is 7.37. The van der Waals surface area contributed by atoms with Gasteiger partial charge >= 0.3 is 0 Å². The van der Waals surface area contributed by atoms with E-state index in [0.29, 0.717) is 6.04 Å². The van der Waals surface area contributed by atoms with E-state index in [1.165, 1.54) is 38.0 Å². The van der Waals surface area contributed by atoms with Crippen LogP contribution in [0.3, 0.4) is 0 Å². The Bertz CT molecular complexity index is 504. The molecule has 0 spiro atoms. The summed E-state index contributed by atoms with van der Waals surface area (Å²) in [4.78, 5) is 5.16. The van der Waals surface area contributed by atoms with Gasteiger partial charge in [-0.25, -0.2) is 0 Å². The van der Waals surface area contributed by atoms with E-state index in [-0.39, 0.29) is 0 Å². The topological polar surface area (TPSA) is 24.9 Å². The molecular formula is C20H34N2O2. The van der Waals surface area contributed by atoms with Crippen LogP contribution in [0.15, 0.2) is 18.2 Å². The van der Waals surface area contributed by atoms with E-state index in [1.54, 1.807) is 14.2 Å². The fourth-order valence-corrected chi connectivity index (χ4v) is 3.60. The van der Waals surface area contributed by atoms with Crippen LogP contribution in [0.5, 0.6) is 11.5 Å². The maximum absolute atomic E-state index is 5.41. The van der Waals surface area contributed by atoms with E-state index in [4.69, 9.17) is 9.47 Å². The Morgan fingerprint density at radius 2 is 1.96 bits per heavy atom. The highest BCUT2D eigenvalue weighted by molar-refractivity contribution is 5.42. The van der Waals surface area contributed by atoms with Crippen LogP contribution in [0.25, 0.3) is 0 Å². The lowest BCUT2D eigenvalue weighted by atomic mass is 10.0. The van der Waals surface area contributed by atoms with Gasteiger partial charge in [0.2, 0.25) is 0 Å². The summed E-state index contributed by atoms with van der Waals surface area (Å²) in [5, 5.41) is 0. The summed E-state index contributed by atoms with van der Waals surface area (Å²) in [6.45, 7) is 9.39. The molecular weight excluding hydrogens is 300 g/mol. The first-order valence-electron chi connectivity index (χ1n) is 9.17. The molecule has 1 saturated heterocycles. The smallest absolute Gasteiger partial charge is 0.160 e. The third kappa shape index (κ3) is 5.38. The summed E-state index contributed by atoms with van der Waals surface area (Å²) in [6.07, 6.45) is 3.67. The normalized spacial score (nSPS) is 19.0. The number of hydrogen-bond donors (Lipinski definition) is 0. The number of benzene rings is 1. The molecule has 1 heterocycles. The highest BCUT2D eigenvalue weighted by atomic mass is 16.5. The van der Waals surface area contributed by atoms with E-state index < -0.39 is 0 Å². The minimum Gasteiger partial charge on any atom is -0.493 e. The molecule has 0 N–H and O–H groups in total. The highest BCUT2D eigenvalue weighted by Gasteiger charge is 2.23. The van der Waals surface area contributed by atoms with Crippen molar-refractivity contribution in [2.45, 2.75) is 39.2 Å². The number of likely N-dealkylation sites (N-methyl/N-ethyl adjacent to an activating group) is 1. The Morgan fingerprint density at radius 1 is 1.21 bits per heavy atom. The van der Waals surface area contributed by atoms with Gasteiger partial charge in [-0.05, 0) is 56.5 Å². The molecule has 2 rings (SSSR count). The summed E-state index contributed by atoms with van der Waals surface area (Å²) in [5.41, 5.74) is 1.30. The van der Waals surface area contributed by atoms with Gasteiger partial charge in [0.25, 0.3) is 0 Å². The van der Waals surface area contributed by atoms with Crippen molar-refractivity contribution in [2.75, 3.05) is 47.4 Å². The molecule has 0 bridgehead atoms. The molecule has 0 saturated carbocycles. The highest BCUT2D eigenvalue weighted by Crippen LogP contribution is 2.28. The molecule has 24 heavy (non-hydrogen) atoms. The van der Waals surface area contributed by atoms with Gasteiger partial charge in [0.05, 0.1) is 14.2 Å². The van der Waals surface area contributed by atoms with Gasteiger partial charge < -0.3 is 19.3 Å². The van der Waals surface area contributed by atoms with Crippen molar-refractivity contribution in [1.29, 1.82) is 0 Å². The number of rotatable bonds is 8. The van der Waals surface area contributed by atoms with Crippen molar-refractivity contribution in [2.24, 2.45) is 5.92 Å². The Morgan fingerprint density at radius 3 is 2.62 bits per heavy atom. The Balaban J connectivity index is 1.87. The van der Waals surface area contributed by atoms with Crippen LogP contribution in [-0.4, -0.2) is 63.3 Å². The fourth-order valence-electron chi connectivity index (χ4n) is 3.60. The van der Waals surface area contributed by atoms with Crippen LogP contribution >= 0.6 is 0 Å². The first kappa shape index (κ1) is 19.1. The standard InChI is InChI=1S/C20H34N2O2/c1-16(2)14-22-11-6-7-18(15-22)21(3)12-10-17-8-9-19(23-4)20(13-17)24-5/h8-9,13,16,18H,6-7,10-12,14-15H2,1-5H3. The minimum atomic E-state index is 0.678. The lowest BCUT2D eigenvalue weighted by Crippen LogP contribution is -2.47. The molecule has 136 valence electrons. The van der Waals surface area contributed by atoms with Crippen molar-refractivity contribution in [1.82, 2.24) is 9.80 Å². The molecule has 1 aliphatic heterocycles. The second kappa shape index (κ2) is 9.28. The van der Waals surface area contributed by atoms with Crippen molar-refractivity contribution in [3.63, 3.8) is 0 Å². The predicted molar refractivity (Wildman–Crippen MR) is 100 cm³/mol. The zero-order valence-corrected chi connectivity index (χ0v) is 16.0. The zero-order valence-electron chi connectivity index (χ0n) is 16.0. The summed E-state index contributed by atoms with van der Waals surface area (Å²) < 4.78 is 10.7. The number of piperidine rings is 1.